The quantitative estimate of drug-likeness (QED) is 0.677. The maximum atomic E-state index is 5.99. The van der Waals surface area contributed by atoms with Crippen LogP contribution in [0.25, 0.3) is 0 Å². The average Bonchev–Trinajstić information content (AvgIpc) is 3.22. The number of nitrogens with zero attached hydrogens (tertiary/aromatic N) is 5. The van der Waals surface area contributed by atoms with Gasteiger partial charge in [0.15, 0.2) is 0 Å². The highest BCUT2D eigenvalue weighted by atomic mass is 16.5. The van der Waals surface area contributed by atoms with E-state index in [4.69, 9.17) is 9.26 Å². The molecule has 1 atom stereocenters. The van der Waals surface area contributed by atoms with E-state index in [9.17, 15) is 0 Å². The van der Waals surface area contributed by atoms with Crippen molar-refractivity contribution in [2.24, 2.45) is 7.05 Å². The van der Waals surface area contributed by atoms with Crippen molar-refractivity contribution in [1.29, 1.82) is 0 Å². The predicted octanol–water partition coefficient (Wildman–Crippen LogP) is 2.26. The fourth-order valence-corrected chi connectivity index (χ4v) is 3.40. The predicted molar refractivity (Wildman–Crippen MR) is 95.1 cm³/mol. The minimum Gasteiger partial charge on any atom is -0.374 e. The number of aryl methyl sites for hydroxylation is 2. The fourth-order valence-electron chi connectivity index (χ4n) is 3.40. The zero-order valence-electron chi connectivity index (χ0n) is 15.1. The number of fused-ring (bicyclic) bond motifs is 1. The molecule has 0 N–H and O–H groups in total. The van der Waals surface area contributed by atoms with Crippen LogP contribution < -0.4 is 0 Å². The third-order valence-electron chi connectivity index (χ3n) is 4.77. The molecular formula is C19H23N5O2. The Morgan fingerprint density at radius 3 is 2.96 bits per heavy atom. The molecule has 7 heteroatoms. The van der Waals surface area contributed by atoms with E-state index in [-0.39, 0.29) is 6.04 Å². The average molecular weight is 353 g/mol. The molecule has 0 aliphatic carbocycles. The summed E-state index contributed by atoms with van der Waals surface area (Å²) in [5, 5.41) is 4.14. The molecule has 136 valence electrons. The summed E-state index contributed by atoms with van der Waals surface area (Å²) in [7, 11) is 2.05. The molecule has 1 aliphatic rings. The van der Waals surface area contributed by atoms with Gasteiger partial charge in [0.2, 0.25) is 0 Å². The zero-order valence-corrected chi connectivity index (χ0v) is 15.1. The Labute approximate surface area is 152 Å². The van der Waals surface area contributed by atoms with Gasteiger partial charge in [-0.3, -0.25) is 9.88 Å². The summed E-state index contributed by atoms with van der Waals surface area (Å²) in [6.45, 7) is 4.59. The van der Waals surface area contributed by atoms with Crippen molar-refractivity contribution in [3.63, 3.8) is 0 Å². The number of pyridine rings is 1. The van der Waals surface area contributed by atoms with Crippen LogP contribution >= 0.6 is 0 Å². The van der Waals surface area contributed by atoms with Crippen molar-refractivity contribution in [3.8, 4) is 0 Å². The molecule has 26 heavy (non-hydrogen) atoms. The summed E-state index contributed by atoms with van der Waals surface area (Å²) in [6, 6.07) is 8.12. The Morgan fingerprint density at radius 1 is 1.27 bits per heavy atom. The molecule has 0 saturated carbocycles. The van der Waals surface area contributed by atoms with E-state index >= 15 is 0 Å². The van der Waals surface area contributed by atoms with Crippen LogP contribution in [0.15, 0.2) is 41.3 Å². The largest absolute Gasteiger partial charge is 0.374 e. The van der Waals surface area contributed by atoms with E-state index < -0.39 is 0 Å². The van der Waals surface area contributed by atoms with Gasteiger partial charge in [-0.2, -0.15) is 0 Å². The molecular weight excluding hydrogens is 330 g/mol. The van der Waals surface area contributed by atoms with Gasteiger partial charge in [0, 0.05) is 50.6 Å². The number of rotatable bonds is 6. The molecule has 0 spiro atoms. The second kappa shape index (κ2) is 7.39. The topological polar surface area (TPSA) is 69.2 Å². The molecule has 4 rings (SSSR count). The summed E-state index contributed by atoms with van der Waals surface area (Å²) >= 11 is 0. The van der Waals surface area contributed by atoms with E-state index in [0.717, 1.165) is 42.4 Å². The van der Waals surface area contributed by atoms with Crippen molar-refractivity contribution in [2.75, 3.05) is 6.61 Å². The van der Waals surface area contributed by atoms with Gasteiger partial charge in [-0.15, -0.1) is 0 Å². The van der Waals surface area contributed by atoms with Crippen molar-refractivity contribution >= 4 is 0 Å². The second-order valence-electron chi connectivity index (χ2n) is 6.78. The van der Waals surface area contributed by atoms with Crippen molar-refractivity contribution in [2.45, 2.75) is 39.1 Å². The van der Waals surface area contributed by atoms with Crippen molar-refractivity contribution in [1.82, 2.24) is 24.6 Å². The zero-order chi connectivity index (χ0) is 17.9. The third-order valence-corrected chi connectivity index (χ3v) is 4.77. The lowest BCUT2D eigenvalue weighted by Gasteiger charge is -2.34. The van der Waals surface area contributed by atoms with Gasteiger partial charge in [-0.25, -0.2) is 4.98 Å². The first-order valence-electron chi connectivity index (χ1n) is 8.82. The number of hydrogen-bond acceptors (Lipinski definition) is 6. The van der Waals surface area contributed by atoms with E-state index in [1.54, 1.807) is 6.20 Å². The molecule has 7 nitrogen and oxygen atoms in total. The number of imidazole rings is 1. The number of hydrogen-bond donors (Lipinski definition) is 0. The van der Waals surface area contributed by atoms with Crippen LogP contribution in [0, 0.1) is 6.92 Å². The Hall–Kier alpha value is -2.51. The summed E-state index contributed by atoms with van der Waals surface area (Å²) in [4.78, 5) is 11.2. The highest BCUT2D eigenvalue weighted by Gasteiger charge is 2.29. The molecule has 0 aromatic carbocycles. The van der Waals surface area contributed by atoms with Crippen LogP contribution in [0.5, 0.6) is 0 Å². The van der Waals surface area contributed by atoms with Gasteiger partial charge >= 0.3 is 0 Å². The van der Waals surface area contributed by atoms with E-state index in [1.807, 2.05) is 44.6 Å². The van der Waals surface area contributed by atoms with Crippen LogP contribution in [-0.4, -0.2) is 37.2 Å². The molecule has 0 saturated heterocycles. The Kier molecular flexibility index (Phi) is 4.81. The first-order chi connectivity index (χ1) is 12.7. The minimum absolute atomic E-state index is 0.263. The summed E-state index contributed by atoms with van der Waals surface area (Å²) in [5.74, 6) is 0.832. The van der Waals surface area contributed by atoms with Crippen molar-refractivity contribution in [3.05, 3.63) is 65.3 Å². The Morgan fingerprint density at radius 2 is 2.19 bits per heavy atom. The molecule has 0 radical (unpaired) electrons. The van der Waals surface area contributed by atoms with Gasteiger partial charge in [0.25, 0.3) is 0 Å². The maximum absolute atomic E-state index is 5.99. The maximum Gasteiger partial charge on any atom is 0.133 e. The molecule has 1 aliphatic heterocycles. The summed E-state index contributed by atoms with van der Waals surface area (Å²) in [5.41, 5.74) is 4.30. The van der Waals surface area contributed by atoms with Crippen LogP contribution in [0.1, 0.15) is 28.5 Å². The second-order valence-corrected chi connectivity index (χ2v) is 6.78. The van der Waals surface area contributed by atoms with Gasteiger partial charge in [-0.1, -0.05) is 11.2 Å². The van der Waals surface area contributed by atoms with Gasteiger partial charge < -0.3 is 13.8 Å². The van der Waals surface area contributed by atoms with E-state index in [0.29, 0.717) is 13.2 Å². The van der Waals surface area contributed by atoms with Gasteiger partial charge in [0.1, 0.15) is 5.76 Å². The lowest BCUT2D eigenvalue weighted by atomic mass is 10.0. The third kappa shape index (κ3) is 3.68. The Balaban J connectivity index is 1.46. The number of aromatic nitrogens is 4. The first-order valence-corrected chi connectivity index (χ1v) is 8.82. The molecule has 0 bridgehead atoms. The highest BCUT2D eigenvalue weighted by Crippen LogP contribution is 2.24. The fraction of sp³-hybridized carbons (Fsp3) is 0.421. The molecule has 0 amide bonds. The highest BCUT2D eigenvalue weighted by molar-refractivity contribution is 5.19. The van der Waals surface area contributed by atoms with Crippen molar-refractivity contribution < 1.29 is 9.26 Å². The lowest BCUT2D eigenvalue weighted by molar-refractivity contribution is 0.0339. The molecule has 4 heterocycles. The number of ether oxygens (including phenoxy) is 1. The standard InChI is InChI=1S/C19H23N5O2/c1-14-7-16(22-26-14)9-24-10-18-19(23(2)13-21-18)8-17(24)12-25-11-15-5-3-4-6-20-15/h3-7,13,17H,8-12H2,1-2H3/t17-/m0/s1. The first kappa shape index (κ1) is 16.9. The van der Waals surface area contributed by atoms with Crippen LogP contribution in [0.3, 0.4) is 0 Å². The van der Waals surface area contributed by atoms with Gasteiger partial charge in [0.05, 0.1) is 36.6 Å². The molecule has 3 aromatic rings. The lowest BCUT2D eigenvalue weighted by Crippen LogP contribution is -2.43. The molecule has 0 unspecified atom stereocenters. The van der Waals surface area contributed by atoms with Crippen LogP contribution in [0.4, 0.5) is 0 Å². The molecule has 3 aromatic heterocycles. The van der Waals surface area contributed by atoms with Gasteiger partial charge in [-0.05, 0) is 19.1 Å². The van der Waals surface area contributed by atoms with Crippen LogP contribution in [0.2, 0.25) is 0 Å². The van der Waals surface area contributed by atoms with E-state index in [1.165, 1.54) is 5.69 Å². The monoisotopic (exact) mass is 353 g/mol. The SMILES string of the molecule is Cc1cc(CN2Cc3ncn(C)c3C[C@H]2COCc2ccccn2)no1. The normalized spacial score (nSPS) is 17.4. The summed E-state index contributed by atoms with van der Waals surface area (Å²) < 4.78 is 13.3. The van der Waals surface area contributed by atoms with E-state index in [2.05, 4.69) is 24.6 Å². The summed E-state index contributed by atoms with van der Waals surface area (Å²) in [6.07, 6.45) is 4.59. The Bertz CT molecular complexity index is 858. The molecule has 0 fully saturated rings. The van der Waals surface area contributed by atoms with Crippen LogP contribution in [-0.2, 0) is 37.9 Å². The smallest absolute Gasteiger partial charge is 0.133 e. The minimum atomic E-state index is 0.263.